The number of nitrogens with one attached hydrogen (secondary N) is 1. The van der Waals surface area contributed by atoms with E-state index in [1.807, 2.05) is 0 Å². The molecule has 19 heavy (non-hydrogen) atoms. The minimum Gasteiger partial charge on any atom is -0.360 e. The number of nitrogens with zero attached hydrogens (tertiary/aromatic N) is 1. The number of carbonyl (C=O) groups is 1. The molecule has 0 fully saturated rings. The summed E-state index contributed by atoms with van der Waals surface area (Å²) in [5, 5.41) is 2.97. The second kappa shape index (κ2) is 7.82. The summed E-state index contributed by atoms with van der Waals surface area (Å²) < 4.78 is 0. The van der Waals surface area contributed by atoms with Gasteiger partial charge in [-0.2, -0.15) is 0 Å². The first-order valence-electron chi connectivity index (χ1n) is 7.14. The molecule has 0 unspecified atom stereocenters. The minimum atomic E-state index is 0.0997. The van der Waals surface area contributed by atoms with E-state index in [0.717, 1.165) is 25.1 Å². The fourth-order valence-corrected chi connectivity index (χ4v) is 1.92. The Hall–Kier alpha value is -1.51. The molecule has 0 heterocycles. The van der Waals surface area contributed by atoms with Crippen LogP contribution >= 0.6 is 0 Å². The zero-order valence-corrected chi connectivity index (χ0v) is 12.6. The summed E-state index contributed by atoms with van der Waals surface area (Å²) in [7, 11) is 0. The van der Waals surface area contributed by atoms with Crippen molar-refractivity contribution in [2.24, 2.45) is 0 Å². The van der Waals surface area contributed by atoms with Crippen molar-refractivity contribution in [2.45, 2.75) is 46.6 Å². The van der Waals surface area contributed by atoms with Gasteiger partial charge < -0.3 is 10.2 Å². The second-order valence-corrected chi connectivity index (χ2v) is 5.26. The highest BCUT2D eigenvalue weighted by molar-refractivity contribution is 5.81. The van der Waals surface area contributed by atoms with E-state index in [1.54, 1.807) is 0 Å². The molecule has 1 N–H and O–H groups in total. The average Bonchev–Trinajstić information content (AvgIpc) is 2.37. The Kier molecular flexibility index (Phi) is 6.40. The van der Waals surface area contributed by atoms with E-state index >= 15 is 0 Å². The number of amides is 1. The number of unbranched alkanes of at least 4 members (excludes halogenated alkanes) is 1. The van der Waals surface area contributed by atoms with E-state index in [9.17, 15) is 4.79 Å². The highest BCUT2D eigenvalue weighted by atomic mass is 16.2. The molecule has 3 nitrogen and oxygen atoms in total. The van der Waals surface area contributed by atoms with Crippen LogP contribution < -0.4 is 10.2 Å². The molecule has 0 radical (unpaired) electrons. The lowest BCUT2D eigenvalue weighted by molar-refractivity contribution is -0.119. The number of rotatable bonds is 7. The van der Waals surface area contributed by atoms with E-state index in [4.69, 9.17) is 0 Å². The molecule has 106 valence electrons. The van der Waals surface area contributed by atoms with E-state index < -0.39 is 0 Å². The Morgan fingerprint density at radius 3 is 2.42 bits per heavy atom. The molecule has 0 aliphatic heterocycles. The smallest absolute Gasteiger partial charge is 0.239 e. The molecule has 0 atom stereocenters. The maximum atomic E-state index is 11.9. The maximum Gasteiger partial charge on any atom is 0.239 e. The minimum absolute atomic E-state index is 0.0997. The summed E-state index contributed by atoms with van der Waals surface area (Å²) in [6.07, 6.45) is 2.14. The highest BCUT2D eigenvalue weighted by Crippen LogP contribution is 2.17. The van der Waals surface area contributed by atoms with Gasteiger partial charge in [-0.05, 0) is 39.3 Å². The Balaban J connectivity index is 2.63. The van der Waals surface area contributed by atoms with Crippen molar-refractivity contribution in [2.75, 3.05) is 18.0 Å². The second-order valence-electron chi connectivity index (χ2n) is 5.26. The van der Waals surface area contributed by atoms with Gasteiger partial charge in [0.15, 0.2) is 0 Å². The molecular formula is C16H26N2O. The molecule has 0 bridgehead atoms. The zero-order chi connectivity index (χ0) is 14.3. The Labute approximate surface area is 117 Å². The maximum absolute atomic E-state index is 11.9. The summed E-state index contributed by atoms with van der Waals surface area (Å²) >= 11 is 0. The third-order valence-corrected chi connectivity index (χ3v) is 3.16. The number of anilines is 1. The van der Waals surface area contributed by atoms with Gasteiger partial charge in [0.2, 0.25) is 5.91 Å². The van der Waals surface area contributed by atoms with Gasteiger partial charge in [-0.3, -0.25) is 4.79 Å². The molecule has 0 aliphatic carbocycles. The molecule has 1 amide bonds. The highest BCUT2D eigenvalue weighted by Gasteiger charge is 2.14. The predicted molar refractivity (Wildman–Crippen MR) is 81.6 cm³/mol. The first-order valence-corrected chi connectivity index (χ1v) is 7.14. The number of benzene rings is 1. The van der Waals surface area contributed by atoms with Gasteiger partial charge in [0.25, 0.3) is 0 Å². The van der Waals surface area contributed by atoms with Crippen LogP contribution in [-0.4, -0.2) is 25.0 Å². The van der Waals surface area contributed by atoms with Gasteiger partial charge in [0.1, 0.15) is 0 Å². The molecule has 1 rings (SSSR count). The first kappa shape index (κ1) is 15.5. The molecule has 1 aromatic carbocycles. The van der Waals surface area contributed by atoms with Crippen molar-refractivity contribution in [1.82, 2.24) is 5.32 Å². The fourth-order valence-electron chi connectivity index (χ4n) is 1.92. The van der Waals surface area contributed by atoms with Gasteiger partial charge in [-0.25, -0.2) is 0 Å². The van der Waals surface area contributed by atoms with E-state index in [2.05, 4.69) is 62.2 Å². The summed E-state index contributed by atoms with van der Waals surface area (Å²) in [5.41, 5.74) is 2.34. The van der Waals surface area contributed by atoms with Gasteiger partial charge in [-0.15, -0.1) is 0 Å². The van der Waals surface area contributed by atoms with Gasteiger partial charge >= 0.3 is 0 Å². The van der Waals surface area contributed by atoms with E-state index in [0.29, 0.717) is 12.6 Å². The summed E-state index contributed by atoms with van der Waals surface area (Å²) in [4.78, 5) is 14.0. The lowest BCUT2D eigenvalue weighted by atomic mass is 10.2. The summed E-state index contributed by atoms with van der Waals surface area (Å²) in [5.74, 6) is 0.0997. The molecular weight excluding hydrogens is 236 g/mol. The molecule has 0 saturated carbocycles. The van der Waals surface area contributed by atoms with Gasteiger partial charge in [-0.1, -0.05) is 31.0 Å². The third kappa shape index (κ3) is 5.33. The van der Waals surface area contributed by atoms with Gasteiger partial charge in [0, 0.05) is 18.3 Å². The molecule has 3 heteroatoms. The first-order chi connectivity index (χ1) is 9.04. The predicted octanol–water partition coefficient (Wildman–Crippen LogP) is 3.13. The summed E-state index contributed by atoms with van der Waals surface area (Å²) in [6, 6.07) is 8.63. The molecule has 0 saturated heterocycles. The lowest BCUT2D eigenvalue weighted by Gasteiger charge is -2.28. The van der Waals surface area contributed by atoms with Crippen molar-refractivity contribution >= 4 is 11.6 Å². The van der Waals surface area contributed by atoms with Crippen molar-refractivity contribution in [3.8, 4) is 0 Å². The van der Waals surface area contributed by atoms with E-state index in [1.165, 1.54) is 5.56 Å². The van der Waals surface area contributed by atoms with E-state index in [-0.39, 0.29) is 5.91 Å². The number of hydrogen-bond acceptors (Lipinski definition) is 2. The molecule has 1 aromatic rings. The number of hydrogen-bond donors (Lipinski definition) is 1. The van der Waals surface area contributed by atoms with Crippen LogP contribution in [0.5, 0.6) is 0 Å². The largest absolute Gasteiger partial charge is 0.360 e. The van der Waals surface area contributed by atoms with Crippen LogP contribution in [-0.2, 0) is 4.79 Å². The van der Waals surface area contributed by atoms with Crippen molar-refractivity contribution in [3.63, 3.8) is 0 Å². The zero-order valence-electron chi connectivity index (χ0n) is 12.6. The van der Waals surface area contributed by atoms with Crippen LogP contribution in [0.2, 0.25) is 0 Å². The lowest BCUT2D eigenvalue weighted by Crippen LogP contribution is -2.41. The quantitative estimate of drug-likeness (QED) is 0.766. The average molecular weight is 262 g/mol. The molecule has 0 aliphatic rings. The topological polar surface area (TPSA) is 32.3 Å². The van der Waals surface area contributed by atoms with Crippen LogP contribution in [0.4, 0.5) is 5.69 Å². The number of carbonyl (C=O) groups excluding carboxylic acids is 1. The number of aryl methyl sites for hydroxylation is 1. The Bertz CT molecular complexity index is 384. The van der Waals surface area contributed by atoms with Crippen LogP contribution in [0.1, 0.15) is 39.2 Å². The van der Waals surface area contributed by atoms with Crippen molar-refractivity contribution < 1.29 is 4.79 Å². The molecule has 0 aromatic heterocycles. The SMILES string of the molecule is CCCCNC(=O)CN(c1ccc(C)cc1)C(C)C. The van der Waals surface area contributed by atoms with Crippen LogP contribution in [0.3, 0.4) is 0 Å². The van der Waals surface area contributed by atoms with Crippen molar-refractivity contribution in [3.05, 3.63) is 29.8 Å². The van der Waals surface area contributed by atoms with Crippen LogP contribution in [0, 0.1) is 6.92 Å². The normalized spacial score (nSPS) is 10.6. The Morgan fingerprint density at radius 1 is 1.26 bits per heavy atom. The van der Waals surface area contributed by atoms with Crippen LogP contribution in [0.25, 0.3) is 0 Å². The molecule has 0 spiro atoms. The fraction of sp³-hybridized carbons (Fsp3) is 0.562. The monoisotopic (exact) mass is 262 g/mol. The van der Waals surface area contributed by atoms with Crippen molar-refractivity contribution in [1.29, 1.82) is 0 Å². The van der Waals surface area contributed by atoms with Crippen LogP contribution in [0.15, 0.2) is 24.3 Å². The standard InChI is InChI=1S/C16H26N2O/c1-5-6-11-17-16(19)12-18(13(2)3)15-9-7-14(4)8-10-15/h7-10,13H,5-6,11-12H2,1-4H3,(H,17,19). The summed E-state index contributed by atoms with van der Waals surface area (Å²) in [6.45, 7) is 9.61. The van der Waals surface area contributed by atoms with Gasteiger partial charge in [0.05, 0.1) is 6.54 Å². The third-order valence-electron chi connectivity index (χ3n) is 3.16. The Morgan fingerprint density at radius 2 is 1.89 bits per heavy atom.